The van der Waals surface area contributed by atoms with Crippen molar-refractivity contribution in [3.8, 4) is 6.07 Å². The van der Waals surface area contributed by atoms with Crippen LogP contribution < -0.4 is 11.1 Å². The van der Waals surface area contributed by atoms with Crippen LogP contribution in [-0.4, -0.2) is 18.0 Å². The van der Waals surface area contributed by atoms with Gasteiger partial charge in [-0.15, -0.1) is 0 Å². The van der Waals surface area contributed by atoms with Gasteiger partial charge >= 0.3 is 0 Å². The van der Waals surface area contributed by atoms with E-state index < -0.39 is 5.54 Å². The van der Waals surface area contributed by atoms with Crippen molar-refractivity contribution < 1.29 is 4.79 Å². The molecule has 0 aromatic heterocycles. The van der Waals surface area contributed by atoms with Crippen LogP contribution in [0.25, 0.3) is 0 Å². The molecule has 0 aromatic carbocycles. The zero-order valence-electron chi connectivity index (χ0n) is 7.86. The second kappa shape index (κ2) is 2.29. The monoisotopic (exact) mass is 191 g/mol. The molecule has 0 aromatic rings. The Kier molecular flexibility index (Phi) is 1.35. The lowest BCUT2D eigenvalue weighted by Crippen LogP contribution is -2.49. The van der Waals surface area contributed by atoms with Gasteiger partial charge in [0.05, 0.1) is 6.07 Å². The highest BCUT2D eigenvalue weighted by Gasteiger charge is 2.62. The van der Waals surface area contributed by atoms with Crippen molar-refractivity contribution in [2.45, 2.75) is 18.4 Å². The zero-order chi connectivity index (χ0) is 9.92. The first-order valence-electron chi connectivity index (χ1n) is 5.13. The van der Waals surface area contributed by atoms with Crippen molar-refractivity contribution in [1.82, 2.24) is 5.32 Å². The molecule has 1 saturated heterocycles. The van der Waals surface area contributed by atoms with Crippen LogP contribution in [0, 0.1) is 35.0 Å². The summed E-state index contributed by atoms with van der Waals surface area (Å²) in [6.07, 6.45) is 1.76. The summed E-state index contributed by atoms with van der Waals surface area (Å²) in [7, 11) is 0. The summed E-state index contributed by atoms with van der Waals surface area (Å²) in [5, 5.41) is 11.9. The molecular formula is C10H13N3O. The Morgan fingerprint density at radius 2 is 2.43 bits per heavy atom. The largest absolute Gasteiger partial charge is 0.356 e. The molecule has 4 heteroatoms. The normalized spacial score (nSPS) is 54.1. The van der Waals surface area contributed by atoms with Gasteiger partial charge in [0, 0.05) is 18.4 Å². The predicted octanol–water partition coefficient (Wildman–Crippen LogP) is -0.391. The number of hydrogen-bond donors (Lipinski definition) is 2. The highest BCUT2D eigenvalue weighted by atomic mass is 16.2. The first kappa shape index (κ1) is 8.25. The van der Waals surface area contributed by atoms with Crippen molar-refractivity contribution in [2.75, 3.05) is 6.54 Å². The van der Waals surface area contributed by atoms with E-state index in [2.05, 4.69) is 11.4 Å². The molecule has 3 aliphatic rings. The molecule has 3 fully saturated rings. The van der Waals surface area contributed by atoms with Crippen LogP contribution in [-0.2, 0) is 4.79 Å². The lowest BCUT2D eigenvalue weighted by molar-refractivity contribution is -0.124. The second-order valence-corrected chi connectivity index (χ2v) is 4.89. The summed E-state index contributed by atoms with van der Waals surface area (Å²) in [5.74, 6) is 1.20. The van der Waals surface area contributed by atoms with E-state index in [1.54, 1.807) is 0 Å². The fraction of sp³-hybridized carbons (Fsp3) is 0.800. The molecule has 5 unspecified atom stereocenters. The average Bonchev–Trinajstić information content (AvgIpc) is 2.78. The van der Waals surface area contributed by atoms with Crippen molar-refractivity contribution in [1.29, 1.82) is 5.26 Å². The fourth-order valence-corrected chi connectivity index (χ4v) is 3.73. The summed E-state index contributed by atoms with van der Waals surface area (Å²) in [4.78, 5) is 11.6. The van der Waals surface area contributed by atoms with Crippen LogP contribution in [0.4, 0.5) is 0 Å². The number of hydrogen-bond acceptors (Lipinski definition) is 3. The topological polar surface area (TPSA) is 78.9 Å². The van der Waals surface area contributed by atoms with Crippen molar-refractivity contribution >= 4 is 5.91 Å². The third-order valence-corrected chi connectivity index (χ3v) is 4.34. The van der Waals surface area contributed by atoms with E-state index in [9.17, 15) is 4.79 Å². The van der Waals surface area contributed by atoms with E-state index in [-0.39, 0.29) is 17.7 Å². The summed E-state index contributed by atoms with van der Waals surface area (Å²) in [6.45, 7) is 0.798. The summed E-state index contributed by atoms with van der Waals surface area (Å²) in [6, 6.07) is 2.20. The first-order chi connectivity index (χ1) is 6.65. The molecular weight excluding hydrogens is 178 g/mol. The van der Waals surface area contributed by atoms with Gasteiger partial charge in [0.1, 0.15) is 5.54 Å². The molecule has 14 heavy (non-hydrogen) atoms. The van der Waals surface area contributed by atoms with Crippen LogP contribution >= 0.6 is 0 Å². The number of fused-ring (bicyclic) bond motifs is 5. The van der Waals surface area contributed by atoms with Crippen molar-refractivity contribution in [3.63, 3.8) is 0 Å². The van der Waals surface area contributed by atoms with Gasteiger partial charge < -0.3 is 11.1 Å². The number of nitrogens with one attached hydrogen (secondary N) is 1. The van der Waals surface area contributed by atoms with Gasteiger partial charge in [0.2, 0.25) is 5.91 Å². The van der Waals surface area contributed by atoms with Gasteiger partial charge in [0.15, 0.2) is 0 Å². The Balaban J connectivity index is 1.99. The highest BCUT2D eigenvalue weighted by molar-refractivity contribution is 5.82. The van der Waals surface area contributed by atoms with Gasteiger partial charge in [-0.05, 0) is 24.7 Å². The maximum absolute atomic E-state index is 11.6. The molecule has 1 amide bonds. The molecule has 3 rings (SSSR count). The Morgan fingerprint density at radius 3 is 3.14 bits per heavy atom. The molecule has 1 heterocycles. The third kappa shape index (κ3) is 0.747. The number of rotatable bonds is 0. The number of carbonyl (C=O) groups excluding carboxylic acids is 1. The lowest BCUT2D eigenvalue weighted by atomic mass is 9.72. The number of amides is 1. The minimum Gasteiger partial charge on any atom is -0.356 e. The maximum Gasteiger partial charge on any atom is 0.223 e. The van der Waals surface area contributed by atoms with Gasteiger partial charge in [0.25, 0.3) is 0 Å². The van der Waals surface area contributed by atoms with E-state index >= 15 is 0 Å². The van der Waals surface area contributed by atoms with Crippen LogP contribution in [0.1, 0.15) is 12.8 Å². The summed E-state index contributed by atoms with van der Waals surface area (Å²) >= 11 is 0. The quantitative estimate of drug-likeness (QED) is 0.547. The Morgan fingerprint density at radius 1 is 1.64 bits per heavy atom. The molecule has 2 bridgehead atoms. The van der Waals surface area contributed by atoms with Crippen LogP contribution in [0.15, 0.2) is 0 Å². The number of nitrogens with zero attached hydrogens (tertiary/aromatic N) is 1. The van der Waals surface area contributed by atoms with Crippen molar-refractivity contribution in [3.05, 3.63) is 0 Å². The Hall–Kier alpha value is -1.08. The molecule has 2 aliphatic carbocycles. The lowest BCUT2D eigenvalue weighted by Gasteiger charge is -2.32. The van der Waals surface area contributed by atoms with E-state index in [1.807, 2.05) is 0 Å². The van der Waals surface area contributed by atoms with Crippen molar-refractivity contribution in [2.24, 2.45) is 29.4 Å². The Bertz CT molecular complexity index is 348. The Labute approximate surface area is 82.5 Å². The molecule has 5 atom stereocenters. The molecule has 74 valence electrons. The van der Waals surface area contributed by atoms with Crippen LogP contribution in [0.5, 0.6) is 0 Å². The summed E-state index contributed by atoms with van der Waals surface area (Å²) in [5.41, 5.74) is 5.29. The van der Waals surface area contributed by atoms with Crippen LogP contribution in [0.2, 0.25) is 0 Å². The average molecular weight is 191 g/mol. The van der Waals surface area contributed by atoms with Gasteiger partial charge in [-0.2, -0.15) is 5.26 Å². The maximum atomic E-state index is 11.6. The van der Waals surface area contributed by atoms with Gasteiger partial charge in [-0.25, -0.2) is 0 Å². The smallest absolute Gasteiger partial charge is 0.223 e. The number of carbonyl (C=O) groups is 1. The van der Waals surface area contributed by atoms with E-state index in [0.29, 0.717) is 11.8 Å². The minimum atomic E-state index is -0.729. The minimum absolute atomic E-state index is 0.0263. The molecule has 1 aliphatic heterocycles. The van der Waals surface area contributed by atoms with E-state index in [1.165, 1.54) is 0 Å². The third-order valence-electron chi connectivity index (χ3n) is 4.34. The highest BCUT2D eigenvalue weighted by Crippen LogP contribution is 2.57. The molecule has 4 nitrogen and oxygen atoms in total. The molecule has 0 radical (unpaired) electrons. The predicted molar refractivity (Wildman–Crippen MR) is 48.7 cm³/mol. The number of nitrogens with two attached hydrogens (primary N) is 1. The van der Waals surface area contributed by atoms with E-state index in [4.69, 9.17) is 11.0 Å². The fourth-order valence-electron chi connectivity index (χ4n) is 3.73. The standard InChI is InChI=1S/C10H13N3O/c11-4-10(12)2-5-1-7(10)8-6(5)3-13-9(8)14/h5-8H,1-3,12H2,(H,13,14). The molecule has 3 N–H and O–H groups in total. The second-order valence-electron chi connectivity index (χ2n) is 4.89. The summed E-state index contributed by atoms with van der Waals surface area (Å²) < 4.78 is 0. The first-order valence-corrected chi connectivity index (χ1v) is 5.13. The van der Waals surface area contributed by atoms with Gasteiger partial charge in [-0.1, -0.05) is 0 Å². The van der Waals surface area contributed by atoms with Crippen LogP contribution in [0.3, 0.4) is 0 Å². The van der Waals surface area contributed by atoms with Gasteiger partial charge in [-0.3, -0.25) is 4.79 Å². The zero-order valence-corrected chi connectivity index (χ0v) is 7.86. The SMILES string of the molecule is N#CC1(N)CC2CC1C1C(=O)NCC21. The number of nitriles is 1. The molecule has 0 spiro atoms. The molecule has 2 saturated carbocycles. The van der Waals surface area contributed by atoms with E-state index in [0.717, 1.165) is 19.4 Å².